The number of aliphatic carboxylic acids is 1. The smallest absolute Gasteiger partial charge is 0.307 e. The predicted molar refractivity (Wildman–Crippen MR) is 185 cm³/mol. The number of thioether (sulfide) groups is 1. The number of ketones is 2. The first-order chi connectivity index (χ1) is 22.6. The fourth-order valence-electron chi connectivity index (χ4n) is 5.75. The van der Waals surface area contributed by atoms with Crippen molar-refractivity contribution in [3.05, 3.63) is 83.7 Å². The van der Waals surface area contributed by atoms with E-state index in [4.69, 9.17) is 5.73 Å². The molecule has 2 aromatic carbocycles. The number of Topliss-reactive ketones (excluding diaryl/α,β-unsaturated/α-hetero) is 2. The topological polar surface area (TPSA) is 123 Å². The average molecular weight is 684 g/mol. The van der Waals surface area contributed by atoms with E-state index >= 15 is 4.39 Å². The van der Waals surface area contributed by atoms with E-state index in [1.54, 1.807) is 24.1 Å². The number of hydrogen-bond donors (Lipinski definition) is 2. The molecule has 1 heterocycles. The Morgan fingerprint density at radius 3 is 2.31 bits per heavy atom. The van der Waals surface area contributed by atoms with Gasteiger partial charge in [-0.25, -0.2) is 8.78 Å². The van der Waals surface area contributed by atoms with Crippen LogP contribution >= 0.6 is 11.8 Å². The quantitative estimate of drug-likeness (QED) is 0.140. The lowest BCUT2D eigenvalue weighted by atomic mass is 9.82. The molecule has 3 N–H and O–H groups in total. The van der Waals surface area contributed by atoms with E-state index in [0.29, 0.717) is 31.5 Å². The van der Waals surface area contributed by atoms with Gasteiger partial charge in [-0.3, -0.25) is 14.4 Å². The third kappa shape index (κ3) is 11.1. The van der Waals surface area contributed by atoms with Crippen LogP contribution in [-0.4, -0.2) is 62.1 Å². The lowest BCUT2D eigenvalue weighted by Crippen LogP contribution is -2.43. The van der Waals surface area contributed by atoms with Crippen molar-refractivity contribution in [1.82, 2.24) is 9.47 Å². The Kier molecular flexibility index (Phi) is 14.1. The Balaban J connectivity index is 2.07. The van der Waals surface area contributed by atoms with Gasteiger partial charge in [0.05, 0.1) is 23.8 Å². The second-order valence-electron chi connectivity index (χ2n) is 13.4. The molecule has 0 bridgehead atoms. The summed E-state index contributed by atoms with van der Waals surface area (Å²) in [5.41, 5.74) is 7.46. The van der Waals surface area contributed by atoms with E-state index in [2.05, 4.69) is 0 Å². The summed E-state index contributed by atoms with van der Waals surface area (Å²) < 4.78 is 31.4. The zero-order valence-electron chi connectivity index (χ0n) is 28.4. The van der Waals surface area contributed by atoms with Crippen molar-refractivity contribution in [3.8, 4) is 11.1 Å². The van der Waals surface area contributed by atoms with E-state index in [1.165, 1.54) is 6.92 Å². The van der Waals surface area contributed by atoms with Crippen LogP contribution in [0, 0.1) is 23.0 Å². The molecule has 48 heavy (non-hydrogen) atoms. The molecule has 3 rings (SSSR count). The minimum absolute atomic E-state index is 0.0300. The molecule has 8 nitrogen and oxygen atoms in total. The van der Waals surface area contributed by atoms with Crippen LogP contribution in [0.2, 0.25) is 0 Å². The molecule has 0 saturated carbocycles. The first-order valence-corrected chi connectivity index (χ1v) is 17.3. The molecule has 3 aromatic rings. The molecular formula is C37H47F2N3O5S. The Bertz CT molecular complexity index is 1570. The lowest BCUT2D eigenvalue weighted by Gasteiger charge is -2.41. The molecule has 0 saturated heterocycles. The summed E-state index contributed by atoms with van der Waals surface area (Å²) in [6.07, 6.45) is 2.95. The highest BCUT2D eigenvalue weighted by atomic mass is 32.2. The highest BCUT2D eigenvalue weighted by Crippen LogP contribution is 2.41. The Morgan fingerprint density at radius 1 is 1.02 bits per heavy atom. The first-order valence-electron chi connectivity index (χ1n) is 16.2. The van der Waals surface area contributed by atoms with Gasteiger partial charge in [0.15, 0.2) is 0 Å². The zero-order valence-corrected chi connectivity index (χ0v) is 29.2. The Hall–Kier alpha value is -3.83. The number of amides is 1. The van der Waals surface area contributed by atoms with Crippen LogP contribution in [0.4, 0.5) is 8.78 Å². The number of benzene rings is 2. The average Bonchev–Trinajstić information content (AvgIpc) is 3.40. The van der Waals surface area contributed by atoms with Crippen LogP contribution in [0.15, 0.2) is 60.8 Å². The molecule has 11 heteroatoms. The number of hydrogen-bond acceptors (Lipinski definition) is 6. The van der Waals surface area contributed by atoms with Gasteiger partial charge in [-0.15, -0.1) is 0 Å². The van der Waals surface area contributed by atoms with Crippen molar-refractivity contribution < 1.29 is 33.1 Å². The van der Waals surface area contributed by atoms with Gasteiger partial charge in [0.1, 0.15) is 23.2 Å². The molecular weight excluding hydrogens is 636 g/mol. The Labute approximate surface area is 286 Å². The highest BCUT2D eigenvalue weighted by molar-refractivity contribution is 7.99. The van der Waals surface area contributed by atoms with Crippen LogP contribution < -0.4 is 5.73 Å². The fraction of sp³-hybridized carbons (Fsp3) is 0.459. The third-order valence-electron chi connectivity index (χ3n) is 8.11. The van der Waals surface area contributed by atoms with Crippen molar-refractivity contribution >= 4 is 35.2 Å². The third-order valence-corrected chi connectivity index (χ3v) is 9.19. The summed E-state index contributed by atoms with van der Waals surface area (Å²) in [6, 6.07) is 13.7. The fourth-order valence-corrected chi connectivity index (χ4v) is 6.76. The molecule has 0 fully saturated rings. The molecule has 0 radical (unpaired) electrons. The van der Waals surface area contributed by atoms with Gasteiger partial charge in [-0.05, 0) is 61.9 Å². The van der Waals surface area contributed by atoms with E-state index in [1.807, 2.05) is 55.7 Å². The van der Waals surface area contributed by atoms with Gasteiger partial charge in [0.2, 0.25) is 5.91 Å². The van der Waals surface area contributed by atoms with Gasteiger partial charge in [0, 0.05) is 54.7 Å². The van der Waals surface area contributed by atoms with E-state index < -0.39 is 41.0 Å². The summed E-state index contributed by atoms with van der Waals surface area (Å²) in [5, 5.41) is 9.60. The Morgan fingerprint density at radius 2 is 1.71 bits per heavy atom. The maximum atomic E-state index is 15.1. The van der Waals surface area contributed by atoms with Crippen LogP contribution in [0.5, 0.6) is 0 Å². The summed E-state index contributed by atoms with van der Waals surface area (Å²) in [4.78, 5) is 51.5. The second kappa shape index (κ2) is 17.5. The molecule has 0 unspecified atom stereocenters. The molecule has 0 aliphatic carbocycles. The van der Waals surface area contributed by atoms with Gasteiger partial charge < -0.3 is 25.1 Å². The summed E-state index contributed by atoms with van der Waals surface area (Å²) >= 11 is 1.16. The maximum Gasteiger partial charge on any atom is 0.307 e. The first kappa shape index (κ1) is 38.6. The van der Waals surface area contributed by atoms with Crippen molar-refractivity contribution in [1.29, 1.82) is 0 Å². The van der Waals surface area contributed by atoms with E-state index in [0.717, 1.165) is 41.2 Å². The number of halogens is 2. The van der Waals surface area contributed by atoms with Crippen molar-refractivity contribution in [2.75, 3.05) is 18.1 Å². The molecule has 0 aliphatic rings. The SMILES string of the molecule is CC(=O)C[C@@H](CSCC(=O)N(CCCCC(=O)[C@H](C)N)[C@@H](c1cc(-c2cc(F)ccc2F)cn1Cc1ccccc1)C(C)(C)C)C(=O)O. The number of unbranched alkanes of at least 4 members (excludes halogenated alkanes) is 1. The number of rotatable bonds is 18. The summed E-state index contributed by atoms with van der Waals surface area (Å²) in [5.74, 6) is -3.65. The standard InChI is InChI=1S/C37H47F2N3O5S/c1-24(43)17-28(36(46)47)22-48-23-34(45)42(16-10-9-13-33(44)25(2)40)35(37(3,4)5)32-18-27(30-19-29(38)14-15-31(30)39)21-41(32)20-26-11-7-6-8-12-26/h6-8,11-12,14-15,18-19,21,25,28,35H,9-10,13,16-17,20,22-23,40H2,1-5H3,(H,46,47)/t25-,28-,35-/m0/s1. The number of nitrogens with zero attached hydrogens (tertiary/aromatic N) is 2. The summed E-state index contributed by atoms with van der Waals surface area (Å²) in [6.45, 7) is 9.68. The minimum atomic E-state index is -1.09. The number of carbonyl (C=O) groups excluding carboxylic acids is 3. The van der Waals surface area contributed by atoms with Crippen molar-refractivity contribution in [3.63, 3.8) is 0 Å². The van der Waals surface area contributed by atoms with E-state index in [-0.39, 0.29) is 47.4 Å². The molecule has 0 aliphatic heterocycles. The normalized spacial score (nSPS) is 13.5. The monoisotopic (exact) mass is 683 g/mol. The van der Waals surface area contributed by atoms with Crippen LogP contribution in [0.1, 0.15) is 77.6 Å². The molecule has 3 atom stereocenters. The van der Waals surface area contributed by atoms with Crippen LogP contribution in [0.3, 0.4) is 0 Å². The van der Waals surface area contributed by atoms with Crippen LogP contribution in [0.25, 0.3) is 11.1 Å². The largest absolute Gasteiger partial charge is 0.481 e. The maximum absolute atomic E-state index is 15.1. The zero-order chi connectivity index (χ0) is 35.6. The molecule has 1 amide bonds. The number of nitrogens with two attached hydrogens (primary N) is 1. The van der Waals surface area contributed by atoms with Gasteiger partial charge in [0.25, 0.3) is 0 Å². The minimum Gasteiger partial charge on any atom is -0.481 e. The molecule has 0 spiro atoms. The molecule has 260 valence electrons. The van der Waals surface area contributed by atoms with Gasteiger partial charge >= 0.3 is 5.97 Å². The summed E-state index contributed by atoms with van der Waals surface area (Å²) in [7, 11) is 0. The number of carbonyl (C=O) groups is 4. The highest BCUT2D eigenvalue weighted by Gasteiger charge is 2.37. The van der Waals surface area contributed by atoms with E-state index in [9.17, 15) is 28.7 Å². The number of carboxylic acid groups (broad SMARTS) is 1. The molecule has 1 aromatic heterocycles. The lowest BCUT2D eigenvalue weighted by molar-refractivity contribution is -0.142. The van der Waals surface area contributed by atoms with Crippen molar-refractivity contribution in [2.45, 2.75) is 78.9 Å². The van der Waals surface area contributed by atoms with Crippen LogP contribution in [-0.2, 0) is 25.7 Å². The predicted octanol–water partition coefficient (Wildman–Crippen LogP) is 6.90. The van der Waals surface area contributed by atoms with Crippen molar-refractivity contribution in [2.24, 2.45) is 17.1 Å². The second-order valence-corrected chi connectivity index (χ2v) is 14.4. The number of aromatic nitrogens is 1. The number of carboxylic acids is 1. The van der Waals surface area contributed by atoms with Gasteiger partial charge in [-0.1, -0.05) is 51.1 Å². The van der Waals surface area contributed by atoms with Gasteiger partial charge in [-0.2, -0.15) is 11.8 Å².